The normalized spacial score (nSPS) is 25.8. The Hall–Kier alpha value is -1.80. The van der Waals surface area contributed by atoms with Crippen molar-refractivity contribution in [2.24, 2.45) is 0 Å². The van der Waals surface area contributed by atoms with Crippen LogP contribution in [0.3, 0.4) is 0 Å². The molecule has 1 aliphatic carbocycles. The van der Waals surface area contributed by atoms with Gasteiger partial charge in [-0.05, 0) is 68.8 Å². The maximum absolute atomic E-state index is 13.3. The number of methoxy groups -OCH3 is 1. The maximum atomic E-state index is 13.3. The lowest BCUT2D eigenvalue weighted by Gasteiger charge is -2.38. The molecule has 1 N–H and O–H groups in total. The third-order valence-electron chi connectivity index (χ3n) is 6.17. The van der Waals surface area contributed by atoms with Crippen LogP contribution < -0.4 is 10.1 Å². The molecule has 1 saturated carbocycles. The van der Waals surface area contributed by atoms with E-state index in [0.29, 0.717) is 18.8 Å². The van der Waals surface area contributed by atoms with E-state index < -0.39 is 11.7 Å². The maximum Gasteiger partial charge on any atom is 0.416 e. The molecule has 4 rings (SSSR count). The van der Waals surface area contributed by atoms with Crippen LogP contribution in [0.25, 0.3) is 0 Å². The molecule has 2 aliphatic heterocycles. The van der Waals surface area contributed by atoms with E-state index in [9.17, 15) is 18.0 Å². The first kappa shape index (κ1) is 20.5. The van der Waals surface area contributed by atoms with E-state index in [-0.39, 0.29) is 35.2 Å². The van der Waals surface area contributed by atoms with E-state index in [4.69, 9.17) is 9.47 Å². The minimum absolute atomic E-state index is 0.0197. The molecule has 0 spiro atoms. The Balaban J connectivity index is 1.62. The number of hydrogen-bond donors (Lipinski definition) is 1. The van der Waals surface area contributed by atoms with Crippen molar-refractivity contribution in [1.82, 2.24) is 10.2 Å². The van der Waals surface area contributed by atoms with Crippen LogP contribution in [0.2, 0.25) is 0 Å². The standard InChI is InChI=1S/C21H27F3N2O3/c1-28-18-11-14(21(22,23)24)10-15(13-4-5-13)19(18)20(27)25-16-12-29-9-6-17(16)26-7-2-3-8-26/h10-11,13,16-17H,2-9,12H2,1H3,(H,25,27)/t16-,17+/m0/s1. The van der Waals surface area contributed by atoms with Crippen LogP contribution in [0.15, 0.2) is 12.1 Å². The summed E-state index contributed by atoms with van der Waals surface area (Å²) in [5.41, 5.74) is -0.110. The van der Waals surface area contributed by atoms with Gasteiger partial charge in [-0.3, -0.25) is 9.69 Å². The highest BCUT2D eigenvalue weighted by Gasteiger charge is 2.39. The molecule has 1 aromatic carbocycles. The number of nitrogens with one attached hydrogen (secondary N) is 1. The lowest BCUT2D eigenvalue weighted by atomic mass is 9.96. The summed E-state index contributed by atoms with van der Waals surface area (Å²) in [5, 5.41) is 3.05. The number of rotatable bonds is 5. The highest BCUT2D eigenvalue weighted by molar-refractivity contribution is 5.99. The third-order valence-corrected chi connectivity index (χ3v) is 6.17. The molecular formula is C21H27F3N2O3. The van der Waals surface area contributed by atoms with Gasteiger partial charge >= 0.3 is 6.18 Å². The molecule has 8 heteroatoms. The van der Waals surface area contributed by atoms with E-state index in [1.165, 1.54) is 7.11 Å². The summed E-state index contributed by atoms with van der Waals surface area (Å²) in [4.78, 5) is 15.6. The first-order valence-electron chi connectivity index (χ1n) is 10.3. The Morgan fingerprint density at radius 3 is 2.55 bits per heavy atom. The topological polar surface area (TPSA) is 50.8 Å². The summed E-state index contributed by atoms with van der Waals surface area (Å²) < 4.78 is 50.8. The predicted octanol–water partition coefficient (Wildman–Crippen LogP) is 3.57. The molecule has 29 heavy (non-hydrogen) atoms. The molecule has 1 aromatic rings. The average molecular weight is 412 g/mol. The molecule has 1 amide bonds. The Kier molecular flexibility index (Phi) is 5.75. The molecule has 2 saturated heterocycles. The highest BCUT2D eigenvalue weighted by atomic mass is 19.4. The minimum atomic E-state index is -4.48. The zero-order valence-corrected chi connectivity index (χ0v) is 16.6. The van der Waals surface area contributed by atoms with Crippen LogP contribution in [-0.2, 0) is 10.9 Å². The van der Waals surface area contributed by atoms with Gasteiger partial charge in [-0.1, -0.05) is 0 Å². The van der Waals surface area contributed by atoms with Crippen LogP contribution in [0.4, 0.5) is 13.2 Å². The molecule has 5 nitrogen and oxygen atoms in total. The van der Waals surface area contributed by atoms with Crippen molar-refractivity contribution >= 4 is 5.91 Å². The number of alkyl halides is 3. The van der Waals surface area contributed by atoms with Crippen LogP contribution in [-0.4, -0.2) is 56.3 Å². The highest BCUT2D eigenvalue weighted by Crippen LogP contribution is 2.46. The summed E-state index contributed by atoms with van der Waals surface area (Å²) >= 11 is 0. The second-order valence-corrected chi connectivity index (χ2v) is 8.17. The van der Waals surface area contributed by atoms with Gasteiger partial charge in [-0.2, -0.15) is 13.2 Å². The van der Waals surface area contributed by atoms with E-state index in [2.05, 4.69) is 10.2 Å². The van der Waals surface area contributed by atoms with Gasteiger partial charge in [0.1, 0.15) is 5.75 Å². The molecule has 0 radical (unpaired) electrons. The Morgan fingerprint density at radius 1 is 1.21 bits per heavy atom. The van der Waals surface area contributed by atoms with Crippen LogP contribution >= 0.6 is 0 Å². The van der Waals surface area contributed by atoms with E-state index in [1.807, 2.05) is 0 Å². The van der Waals surface area contributed by atoms with Gasteiger partial charge in [0, 0.05) is 12.6 Å². The summed E-state index contributed by atoms with van der Waals surface area (Å²) in [6, 6.07) is 2.05. The van der Waals surface area contributed by atoms with Crippen LogP contribution in [0.5, 0.6) is 5.75 Å². The quantitative estimate of drug-likeness (QED) is 0.803. The lowest BCUT2D eigenvalue weighted by Crippen LogP contribution is -2.56. The molecule has 2 atom stereocenters. The lowest BCUT2D eigenvalue weighted by molar-refractivity contribution is -0.137. The van der Waals surface area contributed by atoms with E-state index >= 15 is 0 Å². The van der Waals surface area contributed by atoms with Gasteiger partial charge in [-0.25, -0.2) is 0 Å². The molecule has 2 heterocycles. The number of hydrogen-bond acceptors (Lipinski definition) is 4. The summed E-state index contributed by atoms with van der Waals surface area (Å²) in [6.45, 7) is 3.08. The van der Waals surface area contributed by atoms with E-state index in [0.717, 1.165) is 57.3 Å². The first-order chi connectivity index (χ1) is 13.9. The molecule has 3 fully saturated rings. The second-order valence-electron chi connectivity index (χ2n) is 8.17. The van der Waals surface area contributed by atoms with Gasteiger partial charge < -0.3 is 14.8 Å². The first-order valence-corrected chi connectivity index (χ1v) is 10.3. The second kappa shape index (κ2) is 8.14. The predicted molar refractivity (Wildman–Crippen MR) is 101 cm³/mol. The van der Waals surface area contributed by atoms with Gasteiger partial charge in [0.05, 0.1) is 30.9 Å². The smallest absolute Gasteiger partial charge is 0.416 e. The number of carbonyl (C=O) groups is 1. The van der Waals surface area contributed by atoms with Gasteiger partial charge in [-0.15, -0.1) is 0 Å². The van der Waals surface area contributed by atoms with Crippen molar-refractivity contribution < 1.29 is 27.4 Å². The van der Waals surface area contributed by atoms with Gasteiger partial charge in [0.15, 0.2) is 0 Å². The monoisotopic (exact) mass is 412 g/mol. The summed E-state index contributed by atoms with van der Waals surface area (Å²) in [6.07, 6.45) is 0.225. The number of ether oxygens (including phenoxy) is 2. The number of amides is 1. The SMILES string of the molecule is COc1cc(C(F)(F)F)cc(C2CC2)c1C(=O)N[C@H]1COCC[C@H]1N1CCCC1. The largest absolute Gasteiger partial charge is 0.496 e. The van der Waals surface area contributed by atoms with Crippen molar-refractivity contribution in [3.8, 4) is 5.75 Å². The summed E-state index contributed by atoms with van der Waals surface area (Å²) in [5.74, 6) is -0.421. The minimum Gasteiger partial charge on any atom is -0.496 e. The fraction of sp³-hybridized carbons (Fsp3) is 0.667. The van der Waals surface area contributed by atoms with Crippen molar-refractivity contribution in [2.75, 3.05) is 33.4 Å². The molecule has 0 aromatic heterocycles. The van der Waals surface area contributed by atoms with Crippen molar-refractivity contribution in [1.29, 1.82) is 0 Å². The Labute approximate surface area is 168 Å². The molecule has 3 aliphatic rings. The fourth-order valence-corrected chi connectivity index (χ4v) is 4.54. The van der Waals surface area contributed by atoms with Crippen molar-refractivity contribution in [2.45, 2.75) is 56.3 Å². The molecular weight excluding hydrogens is 385 g/mol. The number of likely N-dealkylation sites (tertiary alicyclic amines) is 1. The zero-order chi connectivity index (χ0) is 20.6. The van der Waals surface area contributed by atoms with Crippen LogP contribution in [0, 0.1) is 0 Å². The molecule has 160 valence electrons. The molecule has 0 unspecified atom stereocenters. The summed E-state index contributed by atoms with van der Waals surface area (Å²) in [7, 11) is 1.31. The number of carbonyl (C=O) groups excluding carboxylic acids is 1. The third kappa shape index (κ3) is 4.38. The van der Waals surface area contributed by atoms with Crippen LogP contribution in [0.1, 0.15) is 59.5 Å². The number of halogens is 3. The average Bonchev–Trinajstić information content (AvgIpc) is 3.40. The zero-order valence-electron chi connectivity index (χ0n) is 16.6. The van der Waals surface area contributed by atoms with Crippen molar-refractivity contribution in [3.05, 3.63) is 28.8 Å². The molecule has 0 bridgehead atoms. The van der Waals surface area contributed by atoms with Crippen molar-refractivity contribution in [3.63, 3.8) is 0 Å². The Morgan fingerprint density at radius 2 is 1.93 bits per heavy atom. The number of nitrogens with zero attached hydrogens (tertiary/aromatic N) is 1. The van der Waals surface area contributed by atoms with Gasteiger partial charge in [0.2, 0.25) is 0 Å². The Bertz CT molecular complexity index is 758. The van der Waals surface area contributed by atoms with Gasteiger partial charge in [0.25, 0.3) is 5.91 Å². The fourth-order valence-electron chi connectivity index (χ4n) is 4.54. The van der Waals surface area contributed by atoms with E-state index in [1.54, 1.807) is 0 Å². The number of benzene rings is 1.